The van der Waals surface area contributed by atoms with E-state index in [2.05, 4.69) is 25.0 Å². The second-order valence-corrected chi connectivity index (χ2v) is 6.99. The highest BCUT2D eigenvalue weighted by molar-refractivity contribution is 6.33. The number of nitrogens with zero attached hydrogens (tertiary/aromatic N) is 2. The Morgan fingerprint density at radius 1 is 1.00 bits per heavy atom. The van der Waals surface area contributed by atoms with Gasteiger partial charge in [0.15, 0.2) is 0 Å². The number of halogens is 1. The van der Waals surface area contributed by atoms with Crippen molar-refractivity contribution >= 4 is 29.2 Å². The van der Waals surface area contributed by atoms with E-state index in [1.54, 1.807) is 24.4 Å². The molecule has 2 aromatic carbocycles. The standard InChI is InChI=1S/C23H17ClN4O3/c1-31-23(30)15-7-10-19(25-12-15)22(29)27-16-8-9-18(24)17(11-16)21-26-13-20(28-21)14-5-3-2-4-6-14/h2-13H,1H3,(H,26,28)(H,27,29). The molecule has 4 aromatic rings. The maximum absolute atomic E-state index is 12.5. The number of aromatic amines is 1. The number of aromatic nitrogens is 3. The number of carbonyl (C=O) groups is 2. The summed E-state index contributed by atoms with van der Waals surface area (Å²) in [4.78, 5) is 35.7. The molecule has 0 unspecified atom stereocenters. The van der Waals surface area contributed by atoms with Crippen LogP contribution in [0.25, 0.3) is 22.6 Å². The number of hydrogen-bond donors (Lipinski definition) is 2. The highest BCUT2D eigenvalue weighted by atomic mass is 35.5. The fourth-order valence-electron chi connectivity index (χ4n) is 2.97. The first-order valence-electron chi connectivity index (χ1n) is 9.31. The smallest absolute Gasteiger partial charge is 0.339 e. The molecule has 1 amide bonds. The van der Waals surface area contributed by atoms with Crippen molar-refractivity contribution in [3.8, 4) is 22.6 Å². The van der Waals surface area contributed by atoms with Gasteiger partial charge < -0.3 is 15.0 Å². The molecule has 31 heavy (non-hydrogen) atoms. The lowest BCUT2D eigenvalue weighted by molar-refractivity contribution is 0.0600. The summed E-state index contributed by atoms with van der Waals surface area (Å²) >= 11 is 6.37. The van der Waals surface area contributed by atoms with E-state index < -0.39 is 11.9 Å². The molecule has 0 aliphatic heterocycles. The number of ether oxygens (including phenoxy) is 1. The molecule has 0 bridgehead atoms. The molecule has 2 heterocycles. The number of hydrogen-bond acceptors (Lipinski definition) is 5. The Kier molecular flexibility index (Phi) is 5.77. The number of rotatable bonds is 5. The van der Waals surface area contributed by atoms with Gasteiger partial charge in [-0.2, -0.15) is 0 Å². The maximum atomic E-state index is 12.5. The second kappa shape index (κ2) is 8.81. The van der Waals surface area contributed by atoms with Gasteiger partial charge in [0.05, 0.1) is 29.6 Å². The average Bonchev–Trinajstić information content (AvgIpc) is 3.30. The van der Waals surface area contributed by atoms with Crippen LogP contribution in [0.3, 0.4) is 0 Å². The molecular weight excluding hydrogens is 416 g/mol. The van der Waals surface area contributed by atoms with Gasteiger partial charge in [-0.1, -0.05) is 41.9 Å². The molecule has 2 aromatic heterocycles. The summed E-state index contributed by atoms with van der Waals surface area (Å²) < 4.78 is 4.63. The van der Waals surface area contributed by atoms with E-state index in [0.717, 1.165) is 11.3 Å². The molecule has 0 fully saturated rings. The van der Waals surface area contributed by atoms with E-state index in [-0.39, 0.29) is 11.3 Å². The molecule has 0 radical (unpaired) electrons. The summed E-state index contributed by atoms with van der Waals surface area (Å²) in [7, 11) is 1.28. The zero-order valence-corrected chi connectivity index (χ0v) is 17.2. The van der Waals surface area contributed by atoms with Crippen LogP contribution >= 0.6 is 11.6 Å². The van der Waals surface area contributed by atoms with Gasteiger partial charge in [-0.05, 0) is 35.9 Å². The van der Waals surface area contributed by atoms with Crippen molar-refractivity contribution in [1.82, 2.24) is 15.0 Å². The second-order valence-electron chi connectivity index (χ2n) is 6.58. The minimum Gasteiger partial charge on any atom is -0.465 e. The van der Waals surface area contributed by atoms with Crippen molar-refractivity contribution < 1.29 is 14.3 Å². The van der Waals surface area contributed by atoms with Gasteiger partial charge in [0.1, 0.15) is 11.5 Å². The summed E-state index contributed by atoms with van der Waals surface area (Å²) in [6.07, 6.45) is 3.03. The number of carbonyl (C=O) groups excluding carboxylic acids is 2. The molecule has 2 N–H and O–H groups in total. The molecule has 8 heteroatoms. The number of pyridine rings is 1. The molecule has 4 rings (SSSR count). The van der Waals surface area contributed by atoms with Crippen LogP contribution in [0, 0.1) is 0 Å². The first-order chi connectivity index (χ1) is 15.0. The molecule has 7 nitrogen and oxygen atoms in total. The number of esters is 1. The van der Waals surface area contributed by atoms with Crippen molar-refractivity contribution in [2.45, 2.75) is 0 Å². The number of anilines is 1. The quantitative estimate of drug-likeness (QED) is 0.440. The van der Waals surface area contributed by atoms with Crippen molar-refractivity contribution in [2.24, 2.45) is 0 Å². The van der Waals surface area contributed by atoms with Crippen molar-refractivity contribution in [1.29, 1.82) is 0 Å². The van der Waals surface area contributed by atoms with Crippen molar-refractivity contribution in [3.05, 3.63) is 89.3 Å². The zero-order valence-electron chi connectivity index (χ0n) is 16.4. The predicted octanol–water partition coefficient (Wildman–Crippen LogP) is 4.83. The van der Waals surface area contributed by atoms with Crippen LogP contribution in [-0.4, -0.2) is 33.9 Å². The Bertz CT molecular complexity index is 1240. The van der Waals surface area contributed by atoms with E-state index in [9.17, 15) is 9.59 Å². The van der Waals surface area contributed by atoms with Crippen LogP contribution in [0.15, 0.2) is 73.1 Å². The lowest BCUT2D eigenvalue weighted by Crippen LogP contribution is -2.14. The van der Waals surface area contributed by atoms with Gasteiger partial charge in [-0.3, -0.25) is 9.78 Å². The van der Waals surface area contributed by atoms with Crippen molar-refractivity contribution in [2.75, 3.05) is 12.4 Å². The molecule has 0 aliphatic rings. The van der Waals surface area contributed by atoms with E-state index in [1.807, 2.05) is 30.3 Å². The van der Waals surface area contributed by atoms with Gasteiger partial charge >= 0.3 is 5.97 Å². The van der Waals surface area contributed by atoms with Crippen LogP contribution in [0.4, 0.5) is 5.69 Å². The summed E-state index contributed by atoms with van der Waals surface area (Å²) in [5.74, 6) is -0.357. The largest absolute Gasteiger partial charge is 0.465 e. The molecule has 0 spiro atoms. The number of amides is 1. The van der Waals surface area contributed by atoms with Gasteiger partial charge in [-0.15, -0.1) is 0 Å². The Labute approximate surface area is 183 Å². The molecule has 154 valence electrons. The summed E-state index contributed by atoms with van der Waals surface area (Å²) in [6.45, 7) is 0. The fourth-order valence-corrected chi connectivity index (χ4v) is 3.18. The van der Waals surface area contributed by atoms with E-state index in [4.69, 9.17) is 11.6 Å². The fraction of sp³-hybridized carbons (Fsp3) is 0.0435. The number of methoxy groups -OCH3 is 1. The monoisotopic (exact) mass is 432 g/mol. The Hall–Kier alpha value is -3.97. The first-order valence-corrected chi connectivity index (χ1v) is 9.69. The molecule has 0 saturated carbocycles. The van der Waals surface area contributed by atoms with Crippen LogP contribution in [0.2, 0.25) is 5.02 Å². The van der Waals surface area contributed by atoms with Crippen LogP contribution in [-0.2, 0) is 4.74 Å². The predicted molar refractivity (Wildman–Crippen MR) is 118 cm³/mol. The van der Waals surface area contributed by atoms with E-state index in [1.165, 1.54) is 25.4 Å². The Balaban J connectivity index is 1.55. The minimum absolute atomic E-state index is 0.161. The SMILES string of the molecule is COC(=O)c1ccc(C(=O)Nc2ccc(Cl)c(-c3ncc(-c4ccccc4)[nH]3)c2)nc1. The molecular formula is C23H17ClN4O3. The van der Waals surface area contributed by atoms with E-state index in [0.29, 0.717) is 22.1 Å². The average molecular weight is 433 g/mol. The van der Waals surface area contributed by atoms with Crippen LogP contribution in [0.1, 0.15) is 20.8 Å². The highest BCUT2D eigenvalue weighted by Crippen LogP contribution is 2.30. The van der Waals surface area contributed by atoms with Crippen molar-refractivity contribution in [3.63, 3.8) is 0 Å². The van der Waals surface area contributed by atoms with Gasteiger partial charge in [-0.25, -0.2) is 9.78 Å². The minimum atomic E-state index is -0.518. The van der Waals surface area contributed by atoms with Gasteiger partial charge in [0, 0.05) is 17.4 Å². The zero-order chi connectivity index (χ0) is 21.8. The van der Waals surface area contributed by atoms with Crippen LogP contribution in [0.5, 0.6) is 0 Å². The Morgan fingerprint density at radius 3 is 2.52 bits per heavy atom. The first kappa shape index (κ1) is 20.3. The molecule has 0 saturated heterocycles. The van der Waals surface area contributed by atoms with Crippen LogP contribution < -0.4 is 5.32 Å². The lowest BCUT2D eigenvalue weighted by Gasteiger charge is -2.08. The van der Waals surface area contributed by atoms with Gasteiger partial charge in [0.25, 0.3) is 5.91 Å². The molecule has 0 aliphatic carbocycles. The third-order valence-corrected chi connectivity index (χ3v) is 4.89. The third kappa shape index (κ3) is 4.46. The highest BCUT2D eigenvalue weighted by Gasteiger charge is 2.14. The lowest BCUT2D eigenvalue weighted by atomic mass is 10.1. The number of imidazole rings is 1. The third-order valence-electron chi connectivity index (χ3n) is 4.56. The number of benzene rings is 2. The summed E-state index contributed by atoms with van der Waals surface area (Å²) in [5.41, 5.74) is 3.46. The van der Waals surface area contributed by atoms with Gasteiger partial charge in [0.2, 0.25) is 0 Å². The maximum Gasteiger partial charge on any atom is 0.339 e. The number of H-pyrrole nitrogens is 1. The summed E-state index contributed by atoms with van der Waals surface area (Å²) in [5, 5.41) is 3.27. The summed E-state index contributed by atoms with van der Waals surface area (Å²) in [6, 6.07) is 17.8. The number of nitrogens with one attached hydrogen (secondary N) is 2. The topological polar surface area (TPSA) is 97.0 Å². The normalized spacial score (nSPS) is 10.5. The van der Waals surface area contributed by atoms with E-state index >= 15 is 0 Å². The molecule has 0 atom stereocenters. The Morgan fingerprint density at radius 2 is 1.81 bits per heavy atom.